The Kier molecular flexibility index (Phi) is 7.94. The molecule has 0 aliphatic carbocycles. The van der Waals surface area contributed by atoms with Gasteiger partial charge in [0.05, 0.1) is 6.10 Å². The average molecular weight is 491 g/mol. The Morgan fingerprint density at radius 1 is 0.917 bits per heavy atom. The van der Waals surface area contributed by atoms with E-state index < -0.39 is 6.10 Å². The van der Waals surface area contributed by atoms with Crippen molar-refractivity contribution >= 4 is 11.6 Å². The average Bonchev–Trinajstić information content (AvgIpc) is 2.91. The predicted molar refractivity (Wildman–Crippen MR) is 146 cm³/mol. The van der Waals surface area contributed by atoms with Crippen LogP contribution in [0.15, 0.2) is 42.5 Å². The molecule has 6 nitrogen and oxygen atoms in total. The summed E-state index contributed by atoms with van der Waals surface area (Å²) in [5.74, 6) is 0.0612. The molecule has 36 heavy (non-hydrogen) atoms. The van der Waals surface area contributed by atoms with E-state index >= 15 is 0 Å². The molecule has 1 N–H and O–H groups in total. The summed E-state index contributed by atoms with van der Waals surface area (Å²) in [6, 6.07) is 15.6. The van der Waals surface area contributed by atoms with Crippen molar-refractivity contribution in [3.05, 3.63) is 64.7 Å². The van der Waals surface area contributed by atoms with Crippen molar-refractivity contribution < 1.29 is 9.90 Å². The zero-order chi connectivity index (χ0) is 25.1. The van der Waals surface area contributed by atoms with Gasteiger partial charge in [0.25, 0.3) is 5.91 Å². The Hall–Kier alpha value is -2.41. The second kappa shape index (κ2) is 11.3. The quantitative estimate of drug-likeness (QED) is 0.615. The van der Waals surface area contributed by atoms with Gasteiger partial charge in [-0.15, -0.1) is 0 Å². The molecule has 0 radical (unpaired) electrons. The normalized spacial score (nSPS) is 19.9. The summed E-state index contributed by atoms with van der Waals surface area (Å²) in [6.07, 6.45) is 3.74. The van der Waals surface area contributed by atoms with E-state index in [0.29, 0.717) is 25.7 Å². The summed E-state index contributed by atoms with van der Waals surface area (Å²) >= 11 is 0. The van der Waals surface area contributed by atoms with Gasteiger partial charge in [-0.2, -0.15) is 0 Å². The van der Waals surface area contributed by atoms with Gasteiger partial charge in [0.1, 0.15) is 0 Å². The largest absolute Gasteiger partial charge is 0.390 e. The van der Waals surface area contributed by atoms with E-state index in [1.807, 2.05) is 11.0 Å². The van der Waals surface area contributed by atoms with Gasteiger partial charge in [-0.1, -0.05) is 38.1 Å². The van der Waals surface area contributed by atoms with E-state index in [4.69, 9.17) is 0 Å². The first-order chi connectivity index (χ1) is 17.6. The molecule has 1 amide bonds. The number of anilines is 1. The van der Waals surface area contributed by atoms with Crippen LogP contribution < -0.4 is 4.90 Å². The molecular formula is C30H42N4O2. The highest BCUT2D eigenvalue weighted by atomic mass is 16.3. The number of carbonyl (C=O) groups excluding carboxylic acids is 1. The minimum absolute atomic E-state index is 0.0612. The molecule has 1 atom stereocenters. The first kappa shape index (κ1) is 25.2. The molecular weight excluding hydrogens is 448 g/mol. The van der Waals surface area contributed by atoms with Crippen molar-refractivity contribution in [2.75, 3.05) is 57.3 Å². The minimum atomic E-state index is -0.535. The lowest BCUT2D eigenvalue weighted by molar-refractivity contribution is 0.0493. The maximum atomic E-state index is 13.3. The Morgan fingerprint density at radius 2 is 1.64 bits per heavy atom. The van der Waals surface area contributed by atoms with Gasteiger partial charge in [-0.05, 0) is 73.7 Å². The van der Waals surface area contributed by atoms with Crippen LogP contribution in [-0.4, -0.2) is 90.2 Å². The second-order valence-corrected chi connectivity index (χ2v) is 10.7. The van der Waals surface area contributed by atoms with Gasteiger partial charge in [-0.25, -0.2) is 0 Å². The number of carbonyl (C=O) groups is 1. The van der Waals surface area contributed by atoms with Crippen LogP contribution in [0.5, 0.6) is 0 Å². The highest BCUT2D eigenvalue weighted by Crippen LogP contribution is 2.28. The lowest BCUT2D eigenvalue weighted by atomic mass is 9.96. The number of piperidine rings is 1. The number of aliphatic hydroxyl groups is 1. The van der Waals surface area contributed by atoms with Crippen molar-refractivity contribution in [2.24, 2.45) is 0 Å². The number of amides is 1. The summed E-state index contributed by atoms with van der Waals surface area (Å²) in [7, 11) is 0. The molecule has 0 unspecified atom stereocenters. The third-order valence-electron chi connectivity index (χ3n) is 8.53. The molecule has 3 aliphatic rings. The van der Waals surface area contributed by atoms with Gasteiger partial charge in [0.2, 0.25) is 0 Å². The fraction of sp³-hybridized carbons (Fsp3) is 0.567. The number of aliphatic hydroxyl groups excluding tert-OH is 1. The summed E-state index contributed by atoms with van der Waals surface area (Å²) < 4.78 is 0. The van der Waals surface area contributed by atoms with Crippen LogP contribution in [0.4, 0.5) is 5.69 Å². The number of rotatable bonds is 8. The fourth-order valence-corrected chi connectivity index (χ4v) is 6.44. The van der Waals surface area contributed by atoms with Crippen molar-refractivity contribution in [2.45, 2.75) is 58.2 Å². The molecule has 2 aromatic carbocycles. The van der Waals surface area contributed by atoms with Crippen LogP contribution in [0.2, 0.25) is 0 Å². The van der Waals surface area contributed by atoms with Gasteiger partial charge in [0.15, 0.2) is 0 Å². The summed E-state index contributed by atoms with van der Waals surface area (Å²) in [5.41, 5.74) is 5.98. The molecule has 1 saturated heterocycles. The van der Waals surface area contributed by atoms with Crippen molar-refractivity contribution in [3.63, 3.8) is 0 Å². The van der Waals surface area contributed by atoms with E-state index in [9.17, 15) is 9.90 Å². The summed E-state index contributed by atoms with van der Waals surface area (Å²) in [5, 5.41) is 10.8. The van der Waals surface area contributed by atoms with E-state index in [2.05, 4.69) is 64.9 Å². The van der Waals surface area contributed by atoms with Gasteiger partial charge in [-0.3, -0.25) is 9.69 Å². The van der Waals surface area contributed by atoms with Crippen LogP contribution in [0.25, 0.3) is 0 Å². The number of β-amino-alcohol motifs (C(OH)–C–C–N with tert-alkyl or cyclic N) is 1. The standard InChI is InChI=1S/C30H42N4O2/c1-3-32(4-2)26-13-17-33(18-14-26)27-9-10-29-24(19-27)12-16-34(30(29)36)22-28(35)21-31-15-11-23-7-5-6-8-25(23)20-31/h5-10,19,26,28,35H,3-4,11-18,20-22H2,1-2H3/t28-/m1/s1. The van der Waals surface area contributed by atoms with Crippen molar-refractivity contribution in [1.29, 1.82) is 0 Å². The van der Waals surface area contributed by atoms with Crippen molar-refractivity contribution in [3.8, 4) is 0 Å². The maximum Gasteiger partial charge on any atom is 0.254 e. The van der Waals surface area contributed by atoms with Crippen LogP contribution in [0, 0.1) is 0 Å². The number of hydrogen-bond donors (Lipinski definition) is 1. The van der Waals surface area contributed by atoms with Crippen molar-refractivity contribution in [1.82, 2.24) is 14.7 Å². The molecule has 0 aromatic heterocycles. The highest BCUT2D eigenvalue weighted by Gasteiger charge is 2.29. The number of nitrogens with zero attached hydrogens (tertiary/aromatic N) is 4. The molecule has 5 rings (SSSR count). The van der Waals surface area contributed by atoms with Crippen LogP contribution in [0.3, 0.4) is 0 Å². The molecule has 0 bridgehead atoms. The Labute approximate surface area is 216 Å². The Bertz CT molecular complexity index is 1040. The second-order valence-electron chi connectivity index (χ2n) is 10.7. The highest BCUT2D eigenvalue weighted by molar-refractivity contribution is 5.97. The minimum Gasteiger partial charge on any atom is -0.390 e. The molecule has 194 valence electrons. The molecule has 0 saturated carbocycles. The number of benzene rings is 2. The number of hydrogen-bond acceptors (Lipinski definition) is 5. The lowest BCUT2D eigenvalue weighted by Crippen LogP contribution is -2.46. The predicted octanol–water partition coefficient (Wildman–Crippen LogP) is 3.41. The van der Waals surface area contributed by atoms with Gasteiger partial charge in [0, 0.05) is 63.1 Å². The van der Waals surface area contributed by atoms with Gasteiger partial charge >= 0.3 is 0 Å². The SMILES string of the molecule is CCN(CC)C1CCN(c2ccc3c(c2)CCN(C[C@H](O)CN2CCc4ccccc4C2)C3=O)CC1. The summed E-state index contributed by atoms with van der Waals surface area (Å²) in [6.45, 7) is 12.4. The maximum absolute atomic E-state index is 13.3. The first-order valence-corrected chi connectivity index (χ1v) is 13.9. The Morgan fingerprint density at radius 3 is 2.39 bits per heavy atom. The molecule has 1 fully saturated rings. The monoisotopic (exact) mass is 490 g/mol. The van der Waals surface area contributed by atoms with Gasteiger partial charge < -0.3 is 19.8 Å². The lowest BCUT2D eigenvalue weighted by Gasteiger charge is -2.39. The van der Waals surface area contributed by atoms with E-state index in [1.165, 1.54) is 29.7 Å². The molecule has 6 heteroatoms. The third kappa shape index (κ3) is 5.46. The molecule has 0 spiro atoms. The first-order valence-electron chi connectivity index (χ1n) is 13.9. The van der Waals surface area contributed by atoms with Crippen LogP contribution in [0.1, 0.15) is 53.7 Å². The number of fused-ring (bicyclic) bond motifs is 2. The Balaban J connectivity index is 1.15. The zero-order valence-electron chi connectivity index (χ0n) is 22.0. The topological polar surface area (TPSA) is 50.3 Å². The molecule has 2 aromatic rings. The smallest absolute Gasteiger partial charge is 0.254 e. The molecule has 3 aliphatic heterocycles. The van der Waals surface area contributed by atoms with E-state index in [1.54, 1.807) is 0 Å². The molecule has 3 heterocycles. The van der Waals surface area contributed by atoms with Crippen LogP contribution in [-0.2, 0) is 19.4 Å². The van der Waals surface area contributed by atoms with Crippen LogP contribution >= 0.6 is 0 Å². The fourth-order valence-electron chi connectivity index (χ4n) is 6.44. The van der Waals surface area contributed by atoms with E-state index in [-0.39, 0.29) is 5.91 Å². The summed E-state index contributed by atoms with van der Waals surface area (Å²) in [4.78, 5) is 22.5. The van der Waals surface area contributed by atoms with E-state index in [0.717, 1.165) is 63.2 Å². The third-order valence-corrected chi connectivity index (χ3v) is 8.53. The zero-order valence-corrected chi connectivity index (χ0v) is 22.0.